The molecule has 1 amide bonds. The quantitative estimate of drug-likeness (QED) is 0.395. The van der Waals surface area contributed by atoms with Crippen LogP contribution in [0.4, 0.5) is 11.4 Å². The first-order chi connectivity index (χ1) is 16.6. The number of benzene rings is 3. The van der Waals surface area contributed by atoms with Crippen molar-refractivity contribution in [2.45, 2.75) is 13.5 Å². The van der Waals surface area contributed by atoms with Crippen molar-refractivity contribution in [1.29, 1.82) is 0 Å². The van der Waals surface area contributed by atoms with Gasteiger partial charge in [0.1, 0.15) is 0 Å². The molecule has 5 aromatic rings. The number of hydrogen-bond donors (Lipinski definition) is 1. The molecular formula is C27H24N6O. The number of anilines is 2. The molecule has 7 heteroatoms. The number of hydrogen-bond acceptors (Lipinski definition) is 5. The van der Waals surface area contributed by atoms with E-state index in [9.17, 15) is 4.79 Å². The second-order valence-corrected chi connectivity index (χ2v) is 8.12. The number of nitrogens with zero attached hydrogens (tertiary/aromatic N) is 5. The van der Waals surface area contributed by atoms with E-state index >= 15 is 0 Å². The van der Waals surface area contributed by atoms with Gasteiger partial charge in [-0.1, -0.05) is 59.8 Å². The zero-order valence-corrected chi connectivity index (χ0v) is 19.0. The van der Waals surface area contributed by atoms with Crippen molar-refractivity contribution in [3.63, 3.8) is 0 Å². The van der Waals surface area contributed by atoms with E-state index in [1.807, 2.05) is 86.9 Å². The van der Waals surface area contributed by atoms with E-state index in [1.54, 1.807) is 10.9 Å². The van der Waals surface area contributed by atoms with Crippen LogP contribution in [0.1, 0.15) is 21.7 Å². The van der Waals surface area contributed by atoms with E-state index in [2.05, 4.69) is 37.6 Å². The second kappa shape index (κ2) is 9.15. The summed E-state index contributed by atoms with van der Waals surface area (Å²) in [6.45, 7) is 2.57. The van der Waals surface area contributed by atoms with Gasteiger partial charge in [-0.15, -0.1) is 5.10 Å². The minimum atomic E-state index is -0.300. The van der Waals surface area contributed by atoms with E-state index < -0.39 is 0 Å². The predicted molar refractivity (Wildman–Crippen MR) is 134 cm³/mol. The smallest absolute Gasteiger partial charge is 0.278 e. The van der Waals surface area contributed by atoms with Crippen molar-refractivity contribution < 1.29 is 4.79 Å². The van der Waals surface area contributed by atoms with Gasteiger partial charge in [-0.05, 0) is 36.8 Å². The minimum Gasteiger partial charge on any atom is -0.369 e. The zero-order chi connectivity index (χ0) is 23.5. The Morgan fingerprint density at radius 1 is 0.971 bits per heavy atom. The first kappa shape index (κ1) is 21.3. The number of fused-ring (bicyclic) bond motifs is 1. The van der Waals surface area contributed by atoms with Crippen LogP contribution in [0.3, 0.4) is 0 Å². The average molecular weight is 449 g/mol. The summed E-state index contributed by atoms with van der Waals surface area (Å²) in [4.78, 5) is 19.5. The monoisotopic (exact) mass is 448 g/mol. The molecule has 0 unspecified atom stereocenters. The zero-order valence-electron chi connectivity index (χ0n) is 19.0. The van der Waals surface area contributed by atoms with Crippen molar-refractivity contribution >= 4 is 28.1 Å². The highest BCUT2D eigenvalue weighted by molar-refractivity contribution is 6.05. The molecule has 0 bridgehead atoms. The summed E-state index contributed by atoms with van der Waals surface area (Å²) in [5, 5.41) is 13.5. The largest absolute Gasteiger partial charge is 0.369 e. The van der Waals surface area contributed by atoms with Gasteiger partial charge in [-0.2, -0.15) is 0 Å². The van der Waals surface area contributed by atoms with E-state index in [-0.39, 0.29) is 11.6 Å². The van der Waals surface area contributed by atoms with Gasteiger partial charge in [0, 0.05) is 36.8 Å². The summed E-state index contributed by atoms with van der Waals surface area (Å²) in [5.74, 6) is -0.300. The first-order valence-corrected chi connectivity index (χ1v) is 11.0. The van der Waals surface area contributed by atoms with Crippen LogP contribution in [0.15, 0.2) is 91.3 Å². The van der Waals surface area contributed by atoms with Gasteiger partial charge < -0.3 is 10.2 Å². The molecule has 0 aliphatic carbocycles. The van der Waals surface area contributed by atoms with Gasteiger partial charge in [0.25, 0.3) is 5.91 Å². The highest BCUT2D eigenvalue weighted by Crippen LogP contribution is 2.27. The van der Waals surface area contributed by atoms with Gasteiger partial charge in [0.05, 0.1) is 22.8 Å². The third kappa shape index (κ3) is 4.11. The Bertz CT molecular complexity index is 1460. The van der Waals surface area contributed by atoms with Crippen LogP contribution in [-0.2, 0) is 6.54 Å². The van der Waals surface area contributed by atoms with Crippen LogP contribution in [0.5, 0.6) is 0 Å². The molecule has 0 saturated carbocycles. The minimum absolute atomic E-state index is 0.284. The lowest BCUT2D eigenvalue weighted by atomic mass is 10.1. The second-order valence-electron chi connectivity index (χ2n) is 8.12. The van der Waals surface area contributed by atoms with Crippen LogP contribution >= 0.6 is 0 Å². The third-order valence-electron chi connectivity index (χ3n) is 5.82. The number of para-hydroxylation sites is 2. The van der Waals surface area contributed by atoms with Gasteiger partial charge in [0.15, 0.2) is 5.69 Å². The van der Waals surface area contributed by atoms with E-state index in [4.69, 9.17) is 0 Å². The summed E-state index contributed by atoms with van der Waals surface area (Å²) in [6.07, 6.45) is 3.55. The highest BCUT2D eigenvalue weighted by Gasteiger charge is 2.20. The molecule has 34 heavy (non-hydrogen) atoms. The Balaban J connectivity index is 1.42. The maximum Gasteiger partial charge on any atom is 0.278 e. The molecule has 1 N–H and O–H groups in total. The molecule has 3 aromatic carbocycles. The van der Waals surface area contributed by atoms with Crippen LogP contribution in [0, 0.1) is 6.92 Å². The molecule has 0 fully saturated rings. The number of amides is 1. The Hall–Kier alpha value is -4.52. The summed E-state index contributed by atoms with van der Waals surface area (Å²) in [5.41, 5.74) is 4.63. The molecular weight excluding hydrogens is 424 g/mol. The van der Waals surface area contributed by atoms with Crippen molar-refractivity contribution in [3.8, 4) is 5.69 Å². The molecule has 0 saturated heterocycles. The number of nitrogens with one attached hydrogen (secondary N) is 1. The van der Waals surface area contributed by atoms with Gasteiger partial charge in [-0.25, -0.2) is 4.68 Å². The van der Waals surface area contributed by atoms with Crippen molar-refractivity contribution in [3.05, 3.63) is 108 Å². The molecule has 2 heterocycles. The number of aromatic nitrogens is 4. The number of pyridine rings is 1. The van der Waals surface area contributed by atoms with Crippen molar-refractivity contribution in [2.24, 2.45) is 0 Å². The molecule has 0 atom stereocenters. The highest BCUT2D eigenvalue weighted by atomic mass is 16.2. The van der Waals surface area contributed by atoms with Crippen molar-refractivity contribution in [1.82, 2.24) is 20.0 Å². The fourth-order valence-corrected chi connectivity index (χ4v) is 4.09. The number of rotatable bonds is 6. The van der Waals surface area contributed by atoms with Crippen LogP contribution in [0.25, 0.3) is 16.5 Å². The summed E-state index contributed by atoms with van der Waals surface area (Å²) in [7, 11) is 2.01. The third-order valence-corrected chi connectivity index (χ3v) is 5.82. The maximum atomic E-state index is 13.2. The van der Waals surface area contributed by atoms with Crippen LogP contribution in [0.2, 0.25) is 0 Å². The Morgan fingerprint density at radius 3 is 2.62 bits per heavy atom. The fourth-order valence-electron chi connectivity index (χ4n) is 4.09. The lowest BCUT2D eigenvalue weighted by Gasteiger charge is -2.22. The van der Waals surface area contributed by atoms with Crippen LogP contribution in [-0.4, -0.2) is 32.9 Å². The lowest BCUT2D eigenvalue weighted by Crippen LogP contribution is -2.20. The summed E-state index contributed by atoms with van der Waals surface area (Å²) < 4.78 is 1.70. The van der Waals surface area contributed by atoms with Gasteiger partial charge >= 0.3 is 0 Å². The topological polar surface area (TPSA) is 75.9 Å². The molecule has 0 aliphatic heterocycles. The molecule has 0 aliphatic rings. The summed E-state index contributed by atoms with van der Waals surface area (Å²) in [6, 6.07) is 25.8. The molecule has 7 nitrogen and oxygen atoms in total. The maximum absolute atomic E-state index is 13.2. The molecule has 5 rings (SSSR count). The van der Waals surface area contributed by atoms with E-state index in [0.29, 0.717) is 5.69 Å². The Labute approximate surface area is 197 Å². The molecule has 0 radical (unpaired) electrons. The summed E-state index contributed by atoms with van der Waals surface area (Å²) >= 11 is 0. The van der Waals surface area contributed by atoms with Crippen LogP contribution < -0.4 is 10.2 Å². The van der Waals surface area contributed by atoms with Crippen molar-refractivity contribution in [2.75, 3.05) is 17.3 Å². The Kier molecular flexibility index (Phi) is 5.74. The average Bonchev–Trinajstić information content (AvgIpc) is 3.25. The number of carbonyl (C=O) groups is 1. The molecule has 168 valence electrons. The predicted octanol–water partition coefficient (Wildman–Crippen LogP) is 5.01. The molecule has 0 spiro atoms. The Morgan fingerprint density at radius 2 is 1.76 bits per heavy atom. The van der Waals surface area contributed by atoms with Gasteiger partial charge in [0.2, 0.25) is 0 Å². The fraction of sp³-hybridized carbons (Fsp3) is 0.111. The van der Waals surface area contributed by atoms with E-state index in [1.165, 1.54) is 5.56 Å². The van der Waals surface area contributed by atoms with Gasteiger partial charge in [-0.3, -0.25) is 9.78 Å². The SMILES string of the molecule is Cc1c(C(=O)Nc2ccccc2N(C)Cc2ccccc2)nnn1-c1cccc2cnccc12. The van der Waals surface area contributed by atoms with E-state index in [0.717, 1.165) is 34.4 Å². The lowest BCUT2D eigenvalue weighted by molar-refractivity contribution is 0.102. The number of carbonyl (C=O) groups excluding carboxylic acids is 1. The normalized spacial score (nSPS) is 10.9. The molecule has 2 aromatic heterocycles. The first-order valence-electron chi connectivity index (χ1n) is 11.0. The standard InChI is InChI=1S/C27H24N6O/c1-19-26(30-31-33(19)24-14-8-11-21-17-28-16-15-22(21)24)27(34)29-23-12-6-7-13-25(23)32(2)18-20-9-4-3-5-10-20/h3-17H,18H2,1-2H3,(H,29,34).